The molecule has 0 radical (unpaired) electrons. The Morgan fingerprint density at radius 3 is 2.86 bits per heavy atom. The minimum atomic E-state index is -4.56. The molecule has 0 unspecified atom stereocenters. The Labute approximate surface area is 125 Å². The van der Waals surface area contributed by atoms with E-state index in [1.807, 2.05) is 0 Å². The number of hydrogen-bond donors (Lipinski definition) is 2. The molecule has 0 amide bonds. The monoisotopic (exact) mass is 324 g/mol. The third-order valence-corrected chi connectivity index (χ3v) is 3.61. The summed E-state index contributed by atoms with van der Waals surface area (Å²) in [6.07, 6.45) is -2.82. The van der Waals surface area contributed by atoms with Gasteiger partial charge in [0.05, 0.1) is 12.2 Å². The van der Waals surface area contributed by atoms with Gasteiger partial charge in [0.15, 0.2) is 5.15 Å². The van der Waals surface area contributed by atoms with Crippen molar-refractivity contribution in [2.24, 2.45) is 0 Å². The highest BCUT2D eigenvalue weighted by Gasteiger charge is 2.35. The highest BCUT2D eigenvalue weighted by Crippen LogP contribution is 2.34. The predicted molar refractivity (Wildman–Crippen MR) is 72.2 cm³/mol. The van der Waals surface area contributed by atoms with Gasteiger partial charge in [-0.05, 0) is 25.5 Å². The van der Waals surface area contributed by atoms with E-state index in [0.29, 0.717) is 13.1 Å². The summed E-state index contributed by atoms with van der Waals surface area (Å²) < 4.78 is 38.3. The van der Waals surface area contributed by atoms with E-state index in [9.17, 15) is 13.2 Å². The molecule has 118 valence electrons. The largest absolute Gasteiger partial charge is 0.419 e. The SMILES string of the molecule is OCCN1CCC[C@@H](Nc2cc(C(F)(F)F)c(Cl)nn2)C1. The average Bonchev–Trinajstić information content (AvgIpc) is 2.40. The summed E-state index contributed by atoms with van der Waals surface area (Å²) in [5, 5.41) is 18.2. The van der Waals surface area contributed by atoms with Crippen molar-refractivity contribution in [3.05, 3.63) is 16.8 Å². The van der Waals surface area contributed by atoms with Crippen molar-refractivity contribution in [3.8, 4) is 0 Å². The number of piperidine rings is 1. The lowest BCUT2D eigenvalue weighted by molar-refractivity contribution is -0.137. The lowest BCUT2D eigenvalue weighted by Gasteiger charge is -2.32. The molecule has 2 rings (SSSR count). The number of hydrogen-bond acceptors (Lipinski definition) is 5. The number of aromatic nitrogens is 2. The van der Waals surface area contributed by atoms with Crippen LogP contribution >= 0.6 is 11.6 Å². The molecule has 1 fully saturated rings. The molecular weight excluding hydrogens is 309 g/mol. The van der Waals surface area contributed by atoms with Crippen LogP contribution in [0.3, 0.4) is 0 Å². The minimum absolute atomic E-state index is 0.0261. The first-order valence-corrected chi connectivity index (χ1v) is 6.98. The summed E-state index contributed by atoms with van der Waals surface area (Å²) in [6.45, 7) is 2.13. The van der Waals surface area contributed by atoms with Crippen LogP contribution in [-0.4, -0.2) is 52.5 Å². The van der Waals surface area contributed by atoms with Crippen LogP contribution in [0, 0.1) is 0 Å². The van der Waals surface area contributed by atoms with Gasteiger partial charge in [-0.15, -0.1) is 10.2 Å². The molecule has 0 spiro atoms. The van der Waals surface area contributed by atoms with Gasteiger partial charge in [-0.3, -0.25) is 4.90 Å². The molecule has 1 aliphatic rings. The first-order chi connectivity index (χ1) is 9.90. The molecule has 21 heavy (non-hydrogen) atoms. The number of likely N-dealkylation sites (tertiary alicyclic amines) is 1. The molecule has 0 bridgehead atoms. The molecule has 1 aromatic heterocycles. The molecule has 1 saturated heterocycles. The Balaban J connectivity index is 2.06. The van der Waals surface area contributed by atoms with Crippen molar-refractivity contribution in [1.82, 2.24) is 15.1 Å². The van der Waals surface area contributed by atoms with Gasteiger partial charge in [-0.1, -0.05) is 11.6 Å². The van der Waals surface area contributed by atoms with Gasteiger partial charge in [-0.2, -0.15) is 13.2 Å². The number of rotatable bonds is 4. The highest BCUT2D eigenvalue weighted by atomic mass is 35.5. The van der Waals surface area contributed by atoms with E-state index in [0.717, 1.165) is 25.5 Å². The number of alkyl halides is 3. The predicted octanol–water partition coefficient (Wildman–Crippen LogP) is 2.02. The molecule has 0 aromatic carbocycles. The zero-order valence-corrected chi connectivity index (χ0v) is 12.0. The Hall–Kier alpha value is -1.12. The summed E-state index contributed by atoms with van der Waals surface area (Å²) >= 11 is 5.43. The zero-order valence-electron chi connectivity index (χ0n) is 11.2. The second-order valence-electron chi connectivity index (χ2n) is 4.94. The van der Waals surface area contributed by atoms with E-state index in [1.54, 1.807) is 0 Å². The van der Waals surface area contributed by atoms with Gasteiger partial charge in [0.2, 0.25) is 0 Å². The van der Waals surface area contributed by atoms with Crippen LogP contribution in [0.2, 0.25) is 5.15 Å². The molecule has 1 atom stereocenters. The van der Waals surface area contributed by atoms with Crippen molar-refractivity contribution in [3.63, 3.8) is 0 Å². The summed E-state index contributed by atoms with van der Waals surface area (Å²) in [6, 6.07) is 0.849. The maximum Gasteiger partial charge on any atom is 0.419 e. The van der Waals surface area contributed by atoms with Gasteiger partial charge in [-0.25, -0.2) is 0 Å². The molecule has 9 heteroatoms. The van der Waals surface area contributed by atoms with Crippen molar-refractivity contribution >= 4 is 17.4 Å². The summed E-state index contributed by atoms with van der Waals surface area (Å²) in [4.78, 5) is 2.05. The first kappa shape index (κ1) is 16.3. The van der Waals surface area contributed by atoms with Gasteiger partial charge in [0.1, 0.15) is 5.82 Å². The van der Waals surface area contributed by atoms with Crippen LogP contribution < -0.4 is 5.32 Å². The number of β-amino-alcohol motifs (C(OH)–C–C–N with tert-alkyl or cyclic N) is 1. The standard InChI is InChI=1S/C12H16ClF3N4O/c13-11-9(12(14,15)16)6-10(18-19-11)17-8-2-1-3-20(7-8)4-5-21/h6,8,21H,1-5,7H2,(H,17,18)/t8-/m1/s1. The van der Waals surface area contributed by atoms with Crippen molar-refractivity contribution in [2.75, 3.05) is 31.6 Å². The second kappa shape index (κ2) is 6.76. The van der Waals surface area contributed by atoms with Crippen LogP contribution in [0.25, 0.3) is 0 Å². The van der Waals surface area contributed by atoms with Gasteiger partial charge < -0.3 is 10.4 Å². The van der Waals surface area contributed by atoms with Crippen molar-refractivity contribution < 1.29 is 18.3 Å². The van der Waals surface area contributed by atoms with Crippen LogP contribution in [0.1, 0.15) is 18.4 Å². The lowest BCUT2D eigenvalue weighted by atomic mass is 10.1. The Morgan fingerprint density at radius 2 is 2.19 bits per heavy atom. The maximum atomic E-state index is 12.8. The molecule has 5 nitrogen and oxygen atoms in total. The van der Waals surface area contributed by atoms with Crippen molar-refractivity contribution in [2.45, 2.75) is 25.1 Å². The molecule has 0 aliphatic carbocycles. The summed E-state index contributed by atoms with van der Waals surface area (Å²) in [5.41, 5.74) is -0.996. The number of anilines is 1. The van der Waals surface area contributed by atoms with E-state index in [-0.39, 0.29) is 18.5 Å². The average molecular weight is 325 g/mol. The van der Waals surface area contributed by atoms with E-state index < -0.39 is 16.9 Å². The van der Waals surface area contributed by atoms with E-state index in [2.05, 4.69) is 20.4 Å². The van der Waals surface area contributed by atoms with E-state index in [4.69, 9.17) is 16.7 Å². The van der Waals surface area contributed by atoms with E-state index in [1.165, 1.54) is 0 Å². The summed E-state index contributed by atoms with van der Waals surface area (Å²) in [5.74, 6) is 0.0579. The summed E-state index contributed by atoms with van der Waals surface area (Å²) in [7, 11) is 0. The maximum absolute atomic E-state index is 12.8. The smallest absolute Gasteiger partial charge is 0.395 e. The molecular formula is C12H16ClF3N4O. The number of aliphatic hydroxyl groups is 1. The number of nitrogens with one attached hydrogen (secondary N) is 1. The number of aliphatic hydroxyl groups excluding tert-OH is 1. The fourth-order valence-electron chi connectivity index (χ4n) is 2.37. The molecule has 0 saturated carbocycles. The topological polar surface area (TPSA) is 61.3 Å². The van der Waals surface area contributed by atoms with Gasteiger partial charge in [0, 0.05) is 19.1 Å². The van der Waals surface area contributed by atoms with Crippen LogP contribution in [0.15, 0.2) is 6.07 Å². The van der Waals surface area contributed by atoms with Gasteiger partial charge >= 0.3 is 6.18 Å². The molecule has 1 aliphatic heterocycles. The lowest BCUT2D eigenvalue weighted by Crippen LogP contribution is -2.43. The Morgan fingerprint density at radius 1 is 1.43 bits per heavy atom. The normalized spacial score (nSPS) is 20.5. The zero-order chi connectivity index (χ0) is 15.5. The fourth-order valence-corrected chi connectivity index (χ4v) is 2.57. The minimum Gasteiger partial charge on any atom is -0.395 e. The highest BCUT2D eigenvalue weighted by molar-refractivity contribution is 6.30. The third-order valence-electron chi connectivity index (χ3n) is 3.33. The fraction of sp³-hybridized carbons (Fsp3) is 0.667. The Kier molecular flexibility index (Phi) is 5.23. The molecule has 2 N–H and O–H groups in total. The third kappa shape index (κ3) is 4.42. The molecule has 1 aromatic rings. The second-order valence-corrected chi connectivity index (χ2v) is 5.30. The first-order valence-electron chi connectivity index (χ1n) is 6.60. The number of halogens is 4. The van der Waals surface area contributed by atoms with Crippen LogP contribution in [0.5, 0.6) is 0 Å². The van der Waals surface area contributed by atoms with Crippen LogP contribution in [0.4, 0.5) is 19.0 Å². The molecule has 2 heterocycles. The van der Waals surface area contributed by atoms with Crippen molar-refractivity contribution in [1.29, 1.82) is 0 Å². The quantitative estimate of drug-likeness (QED) is 0.887. The van der Waals surface area contributed by atoms with Gasteiger partial charge in [0.25, 0.3) is 0 Å². The number of nitrogens with zero attached hydrogens (tertiary/aromatic N) is 3. The Bertz CT molecular complexity index is 484. The van der Waals surface area contributed by atoms with Crippen LogP contribution in [-0.2, 0) is 6.18 Å². The van der Waals surface area contributed by atoms with E-state index >= 15 is 0 Å².